The molecule has 0 saturated carbocycles. The molecule has 0 unspecified atom stereocenters. The maximum absolute atomic E-state index is 12.9. The highest BCUT2D eigenvalue weighted by Gasteiger charge is 2.28. The van der Waals surface area contributed by atoms with Crippen LogP contribution >= 0.6 is 11.6 Å². The summed E-state index contributed by atoms with van der Waals surface area (Å²) in [6, 6.07) is 1.18. The standard InChI is InChI=1S/C24H30ClN7O5/c1-13(2)18-20(28-7-6-27-18)32-19-17(21(33)30-22(32)34)15(10-16(25)29-19)36-12-14-11-31(9-8-26-14)23(35)37-24(3,4)5/h6-7,10,13-14,26H,8-9,11-12H2,1-5H3,(H,30,33,34)/t14-/m1/s1. The molecular weight excluding hydrogens is 502 g/mol. The third kappa shape index (κ3) is 5.91. The number of carbonyl (C=O) groups excluding carboxylic acids is 1. The summed E-state index contributed by atoms with van der Waals surface area (Å²) in [4.78, 5) is 55.2. The van der Waals surface area contributed by atoms with Crippen LogP contribution in [0.1, 0.15) is 46.2 Å². The molecule has 198 valence electrons. The number of piperazine rings is 1. The van der Waals surface area contributed by atoms with Crippen LogP contribution in [0.15, 0.2) is 28.0 Å². The molecule has 1 amide bonds. The van der Waals surface area contributed by atoms with E-state index in [-0.39, 0.29) is 46.3 Å². The number of halogens is 1. The average Bonchev–Trinajstić information content (AvgIpc) is 2.81. The van der Waals surface area contributed by atoms with Gasteiger partial charge in [0.1, 0.15) is 28.5 Å². The van der Waals surface area contributed by atoms with Crippen molar-refractivity contribution in [3.05, 3.63) is 50.1 Å². The summed E-state index contributed by atoms with van der Waals surface area (Å²) < 4.78 is 12.7. The Balaban J connectivity index is 1.67. The zero-order chi connectivity index (χ0) is 26.9. The highest BCUT2D eigenvalue weighted by molar-refractivity contribution is 6.30. The molecule has 4 heterocycles. The number of carbonyl (C=O) groups is 1. The van der Waals surface area contributed by atoms with Gasteiger partial charge in [-0.1, -0.05) is 25.4 Å². The molecular formula is C24H30ClN7O5. The van der Waals surface area contributed by atoms with Crippen LogP contribution in [-0.2, 0) is 4.74 Å². The molecule has 1 atom stereocenters. The average molecular weight is 532 g/mol. The molecule has 12 nitrogen and oxygen atoms in total. The van der Waals surface area contributed by atoms with E-state index in [1.54, 1.807) is 4.90 Å². The molecule has 13 heteroatoms. The number of pyridine rings is 1. The van der Waals surface area contributed by atoms with Crippen molar-refractivity contribution in [3.63, 3.8) is 0 Å². The Hall–Kier alpha value is -3.51. The number of H-pyrrole nitrogens is 1. The number of amides is 1. The van der Waals surface area contributed by atoms with Crippen LogP contribution in [0, 0.1) is 0 Å². The monoisotopic (exact) mass is 531 g/mol. The molecule has 4 rings (SSSR count). The van der Waals surface area contributed by atoms with Crippen molar-refractivity contribution in [1.82, 2.24) is 34.7 Å². The molecule has 1 saturated heterocycles. The fourth-order valence-corrected chi connectivity index (χ4v) is 4.20. The lowest BCUT2D eigenvalue weighted by molar-refractivity contribution is 0.0178. The van der Waals surface area contributed by atoms with E-state index in [2.05, 4.69) is 25.3 Å². The number of fused-ring (bicyclic) bond motifs is 1. The zero-order valence-corrected chi connectivity index (χ0v) is 22.1. The lowest BCUT2D eigenvalue weighted by atomic mass is 10.1. The largest absolute Gasteiger partial charge is 0.491 e. The molecule has 3 aromatic rings. The van der Waals surface area contributed by atoms with Crippen molar-refractivity contribution in [2.45, 2.75) is 52.2 Å². The summed E-state index contributed by atoms with van der Waals surface area (Å²) in [6.07, 6.45) is 2.59. The van der Waals surface area contributed by atoms with Crippen LogP contribution in [0.2, 0.25) is 5.15 Å². The van der Waals surface area contributed by atoms with Gasteiger partial charge in [-0.3, -0.25) is 14.8 Å². The van der Waals surface area contributed by atoms with Crippen LogP contribution in [0.3, 0.4) is 0 Å². The fraction of sp³-hybridized carbons (Fsp3) is 0.500. The Labute approximate surface area is 218 Å². The molecule has 0 aliphatic carbocycles. The van der Waals surface area contributed by atoms with E-state index in [1.807, 2.05) is 34.6 Å². The first-order valence-corrected chi connectivity index (χ1v) is 12.3. The Kier molecular flexibility index (Phi) is 7.51. The number of rotatable bonds is 5. The number of nitrogens with one attached hydrogen (secondary N) is 2. The summed E-state index contributed by atoms with van der Waals surface area (Å²) in [5, 5.41) is 3.37. The molecule has 1 fully saturated rings. The molecule has 1 aliphatic rings. The fourth-order valence-electron chi connectivity index (χ4n) is 4.02. The van der Waals surface area contributed by atoms with E-state index in [0.717, 1.165) is 0 Å². The first kappa shape index (κ1) is 26.6. The van der Waals surface area contributed by atoms with Gasteiger partial charge in [-0.2, -0.15) is 0 Å². The van der Waals surface area contributed by atoms with Gasteiger partial charge in [0.25, 0.3) is 5.56 Å². The second-order valence-electron chi connectivity index (χ2n) is 10.0. The Bertz CT molecular complexity index is 1430. The van der Waals surface area contributed by atoms with Gasteiger partial charge >= 0.3 is 11.8 Å². The Morgan fingerprint density at radius 1 is 1.24 bits per heavy atom. The first-order valence-electron chi connectivity index (χ1n) is 12.0. The molecule has 0 bridgehead atoms. The van der Waals surface area contributed by atoms with Gasteiger partial charge < -0.3 is 19.7 Å². The molecule has 37 heavy (non-hydrogen) atoms. The lowest BCUT2D eigenvalue weighted by Crippen LogP contribution is -2.55. The van der Waals surface area contributed by atoms with Crippen molar-refractivity contribution < 1.29 is 14.3 Å². The zero-order valence-electron chi connectivity index (χ0n) is 21.4. The predicted molar refractivity (Wildman–Crippen MR) is 138 cm³/mol. The van der Waals surface area contributed by atoms with E-state index in [9.17, 15) is 14.4 Å². The van der Waals surface area contributed by atoms with Gasteiger partial charge in [-0.05, 0) is 26.7 Å². The molecule has 1 aliphatic heterocycles. The van der Waals surface area contributed by atoms with E-state index in [1.165, 1.54) is 23.0 Å². The van der Waals surface area contributed by atoms with Gasteiger partial charge in [0.2, 0.25) is 0 Å². The van der Waals surface area contributed by atoms with Gasteiger partial charge in [0.05, 0.1) is 11.7 Å². The SMILES string of the molecule is CC(C)c1nccnc1-n1c(=O)[nH]c(=O)c2c(OC[C@H]3CN(C(=O)OC(C)(C)C)CCN3)cc(Cl)nc21. The normalized spacial score (nSPS) is 16.3. The quantitative estimate of drug-likeness (QED) is 0.473. The third-order valence-electron chi connectivity index (χ3n) is 5.61. The highest BCUT2D eigenvalue weighted by atomic mass is 35.5. The summed E-state index contributed by atoms with van der Waals surface area (Å²) in [7, 11) is 0. The van der Waals surface area contributed by atoms with Crippen LogP contribution in [-0.4, -0.2) is 73.4 Å². The molecule has 0 aromatic carbocycles. The second-order valence-corrected chi connectivity index (χ2v) is 10.4. The number of aromatic amines is 1. The summed E-state index contributed by atoms with van der Waals surface area (Å²) in [6.45, 7) is 10.8. The highest BCUT2D eigenvalue weighted by Crippen LogP contribution is 2.27. The van der Waals surface area contributed by atoms with Gasteiger partial charge in [0, 0.05) is 38.1 Å². The molecule has 0 spiro atoms. The minimum atomic E-state index is -0.720. The van der Waals surface area contributed by atoms with E-state index in [4.69, 9.17) is 21.1 Å². The second kappa shape index (κ2) is 10.5. The maximum Gasteiger partial charge on any atom is 0.410 e. The maximum atomic E-state index is 12.9. The number of hydrogen-bond donors (Lipinski definition) is 2. The summed E-state index contributed by atoms with van der Waals surface area (Å²) >= 11 is 6.30. The third-order valence-corrected chi connectivity index (χ3v) is 5.80. The number of hydrogen-bond acceptors (Lipinski definition) is 9. The van der Waals surface area contributed by atoms with Gasteiger partial charge in [-0.15, -0.1) is 0 Å². The Morgan fingerprint density at radius 2 is 1.97 bits per heavy atom. The minimum Gasteiger partial charge on any atom is -0.491 e. The number of aromatic nitrogens is 5. The smallest absolute Gasteiger partial charge is 0.410 e. The van der Waals surface area contributed by atoms with Crippen molar-refractivity contribution >= 4 is 28.7 Å². The van der Waals surface area contributed by atoms with Crippen molar-refractivity contribution in [2.75, 3.05) is 26.2 Å². The van der Waals surface area contributed by atoms with Crippen molar-refractivity contribution in [2.24, 2.45) is 0 Å². The molecule has 0 radical (unpaired) electrons. The van der Waals surface area contributed by atoms with E-state index < -0.39 is 22.9 Å². The first-order chi connectivity index (χ1) is 17.4. The van der Waals surface area contributed by atoms with Crippen LogP contribution < -0.4 is 21.3 Å². The summed E-state index contributed by atoms with van der Waals surface area (Å²) in [5.74, 6) is 0.334. The van der Waals surface area contributed by atoms with Crippen LogP contribution in [0.25, 0.3) is 16.9 Å². The van der Waals surface area contributed by atoms with Crippen LogP contribution in [0.5, 0.6) is 5.75 Å². The van der Waals surface area contributed by atoms with Crippen molar-refractivity contribution in [1.29, 1.82) is 0 Å². The lowest BCUT2D eigenvalue weighted by Gasteiger charge is -2.34. The molecule has 3 aromatic heterocycles. The number of ether oxygens (including phenoxy) is 2. The van der Waals surface area contributed by atoms with E-state index in [0.29, 0.717) is 25.3 Å². The topological polar surface area (TPSA) is 144 Å². The predicted octanol–water partition coefficient (Wildman–Crippen LogP) is 2.23. The van der Waals surface area contributed by atoms with Crippen LogP contribution in [0.4, 0.5) is 4.79 Å². The van der Waals surface area contributed by atoms with Crippen molar-refractivity contribution in [3.8, 4) is 11.6 Å². The van der Waals surface area contributed by atoms with E-state index >= 15 is 0 Å². The van der Waals surface area contributed by atoms with Gasteiger partial charge in [-0.25, -0.2) is 24.1 Å². The minimum absolute atomic E-state index is 0.00522. The molecule has 2 N–H and O–H groups in total. The Morgan fingerprint density at radius 3 is 2.68 bits per heavy atom. The van der Waals surface area contributed by atoms with Gasteiger partial charge in [0.15, 0.2) is 11.5 Å². The number of nitrogens with zero attached hydrogens (tertiary/aromatic N) is 5. The summed E-state index contributed by atoms with van der Waals surface area (Å²) in [5.41, 5.74) is -1.43.